The molecule has 0 aliphatic heterocycles. The second-order valence-electron chi connectivity index (χ2n) is 5.06. The maximum Gasteiger partial charge on any atom is 0.328 e. The summed E-state index contributed by atoms with van der Waals surface area (Å²) < 4.78 is 5.26. The van der Waals surface area contributed by atoms with E-state index >= 15 is 0 Å². The summed E-state index contributed by atoms with van der Waals surface area (Å²) in [6.07, 6.45) is 0. The first-order valence-corrected chi connectivity index (χ1v) is 6.38. The first-order chi connectivity index (χ1) is 8.17. The van der Waals surface area contributed by atoms with Crippen molar-refractivity contribution < 1.29 is 9.53 Å². The highest BCUT2D eigenvalue weighted by Gasteiger charge is 2.21. The Morgan fingerprint density at radius 1 is 1.22 bits per heavy atom. The highest BCUT2D eigenvalue weighted by Crippen LogP contribution is 2.23. The Hall–Kier alpha value is -0.930. The summed E-state index contributed by atoms with van der Waals surface area (Å²) >= 11 is 11.8. The maximum atomic E-state index is 11.8. The predicted molar refractivity (Wildman–Crippen MR) is 75.4 cm³/mol. The number of nitrogens with one attached hydrogen (secondary N) is 1. The molecule has 0 bridgehead atoms. The zero-order chi connectivity index (χ0) is 13.9. The van der Waals surface area contributed by atoms with Crippen LogP contribution >= 0.6 is 23.2 Å². The van der Waals surface area contributed by atoms with E-state index in [1.807, 2.05) is 20.8 Å². The SMILES string of the molecule is C[C@H](Nc1cc(Cl)cc(Cl)c1)C(=O)OC(C)(C)C. The lowest BCUT2D eigenvalue weighted by molar-refractivity contribution is -0.155. The Labute approximate surface area is 117 Å². The number of anilines is 1. The molecule has 0 aliphatic carbocycles. The normalized spacial score (nSPS) is 13.0. The van der Waals surface area contributed by atoms with Crippen molar-refractivity contribution in [3.63, 3.8) is 0 Å². The quantitative estimate of drug-likeness (QED) is 0.850. The van der Waals surface area contributed by atoms with Crippen molar-refractivity contribution in [2.45, 2.75) is 39.3 Å². The van der Waals surface area contributed by atoms with Crippen LogP contribution in [0.25, 0.3) is 0 Å². The average Bonchev–Trinajstić information content (AvgIpc) is 2.12. The van der Waals surface area contributed by atoms with Crippen LogP contribution in [0.3, 0.4) is 0 Å². The number of benzene rings is 1. The third-order valence-corrected chi connectivity index (χ3v) is 2.44. The Bertz CT molecular complexity index is 421. The van der Waals surface area contributed by atoms with Crippen LogP contribution in [0.1, 0.15) is 27.7 Å². The molecule has 0 heterocycles. The van der Waals surface area contributed by atoms with E-state index in [-0.39, 0.29) is 5.97 Å². The van der Waals surface area contributed by atoms with Crippen LogP contribution in [-0.2, 0) is 9.53 Å². The number of hydrogen-bond acceptors (Lipinski definition) is 3. The van der Waals surface area contributed by atoms with Gasteiger partial charge in [0.25, 0.3) is 0 Å². The molecule has 0 unspecified atom stereocenters. The summed E-state index contributed by atoms with van der Waals surface area (Å²) in [7, 11) is 0. The summed E-state index contributed by atoms with van der Waals surface area (Å²) in [6.45, 7) is 7.21. The number of carbonyl (C=O) groups is 1. The van der Waals surface area contributed by atoms with Crippen molar-refractivity contribution >= 4 is 34.9 Å². The monoisotopic (exact) mass is 289 g/mol. The van der Waals surface area contributed by atoms with Gasteiger partial charge in [-0.15, -0.1) is 0 Å². The summed E-state index contributed by atoms with van der Waals surface area (Å²) in [4.78, 5) is 11.8. The number of ether oxygens (including phenoxy) is 1. The molecule has 1 aromatic carbocycles. The van der Waals surface area contributed by atoms with Crippen molar-refractivity contribution in [2.75, 3.05) is 5.32 Å². The Kier molecular flexibility index (Phi) is 4.88. The fourth-order valence-electron chi connectivity index (χ4n) is 1.34. The van der Waals surface area contributed by atoms with Crippen LogP contribution in [0.5, 0.6) is 0 Å². The van der Waals surface area contributed by atoms with Gasteiger partial charge in [0.15, 0.2) is 0 Å². The fourth-order valence-corrected chi connectivity index (χ4v) is 1.86. The highest BCUT2D eigenvalue weighted by molar-refractivity contribution is 6.35. The molecule has 1 aromatic rings. The van der Waals surface area contributed by atoms with Crippen LogP contribution in [-0.4, -0.2) is 17.6 Å². The third kappa shape index (κ3) is 5.15. The van der Waals surface area contributed by atoms with Gasteiger partial charge in [-0.1, -0.05) is 23.2 Å². The van der Waals surface area contributed by atoms with E-state index in [0.717, 1.165) is 0 Å². The second-order valence-corrected chi connectivity index (χ2v) is 5.93. The molecule has 5 heteroatoms. The average molecular weight is 290 g/mol. The smallest absolute Gasteiger partial charge is 0.328 e. The lowest BCUT2D eigenvalue weighted by Crippen LogP contribution is -2.34. The van der Waals surface area contributed by atoms with Crippen molar-refractivity contribution in [1.82, 2.24) is 0 Å². The van der Waals surface area contributed by atoms with Crippen LogP contribution in [0.4, 0.5) is 5.69 Å². The van der Waals surface area contributed by atoms with Gasteiger partial charge >= 0.3 is 5.97 Å². The number of halogens is 2. The molecule has 0 saturated carbocycles. The summed E-state index contributed by atoms with van der Waals surface area (Å²) in [6, 6.07) is 4.56. The molecule has 0 aliphatic rings. The molecule has 1 N–H and O–H groups in total. The van der Waals surface area contributed by atoms with E-state index in [9.17, 15) is 4.79 Å². The molecule has 0 spiro atoms. The number of carbonyl (C=O) groups excluding carboxylic acids is 1. The lowest BCUT2D eigenvalue weighted by atomic mass is 10.2. The van der Waals surface area contributed by atoms with Crippen LogP contribution in [0.2, 0.25) is 10.0 Å². The molecule has 0 saturated heterocycles. The van der Waals surface area contributed by atoms with Gasteiger partial charge < -0.3 is 10.1 Å². The van der Waals surface area contributed by atoms with Crippen molar-refractivity contribution in [1.29, 1.82) is 0 Å². The molecular weight excluding hydrogens is 273 g/mol. The molecule has 100 valence electrons. The van der Waals surface area contributed by atoms with Crippen molar-refractivity contribution in [3.8, 4) is 0 Å². The van der Waals surface area contributed by atoms with E-state index < -0.39 is 11.6 Å². The standard InChI is InChI=1S/C13H17Cl2NO2/c1-8(12(17)18-13(2,3)4)16-11-6-9(14)5-10(15)7-11/h5-8,16H,1-4H3/t8-/m0/s1. The van der Waals surface area contributed by atoms with Gasteiger partial charge in [-0.05, 0) is 45.9 Å². The minimum absolute atomic E-state index is 0.321. The van der Waals surface area contributed by atoms with Crippen molar-refractivity contribution in [3.05, 3.63) is 28.2 Å². The largest absolute Gasteiger partial charge is 0.458 e. The molecule has 1 atom stereocenters. The van der Waals surface area contributed by atoms with Gasteiger partial charge in [-0.2, -0.15) is 0 Å². The Morgan fingerprint density at radius 2 is 1.72 bits per heavy atom. The van der Waals surface area contributed by atoms with E-state index in [0.29, 0.717) is 15.7 Å². The van der Waals surface area contributed by atoms with E-state index in [1.54, 1.807) is 25.1 Å². The van der Waals surface area contributed by atoms with Gasteiger partial charge in [-0.3, -0.25) is 0 Å². The Balaban J connectivity index is 2.69. The van der Waals surface area contributed by atoms with Crippen LogP contribution in [0.15, 0.2) is 18.2 Å². The molecule has 3 nitrogen and oxygen atoms in total. The maximum absolute atomic E-state index is 11.8. The summed E-state index contributed by atoms with van der Waals surface area (Å²) in [5.41, 5.74) is 0.185. The minimum atomic E-state index is -0.501. The van der Waals surface area contributed by atoms with Crippen LogP contribution in [0, 0.1) is 0 Å². The minimum Gasteiger partial charge on any atom is -0.458 e. The van der Waals surface area contributed by atoms with Crippen molar-refractivity contribution in [2.24, 2.45) is 0 Å². The number of esters is 1. The first kappa shape index (κ1) is 15.1. The molecule has 18 heavy (non-hydrogen) atoms. The molecule has 0 radical (unpaired) electrons. The summed E-state index contributed by atoms with van der Waals surface area (Å²) in [5, 5.41) is 4.03. The van der Waals surface area contributed by atoms with Gasteiger partial charge in [0.05, 0.1) is 0 Å². The van der Waals surface area contributed by atoms with Crippen LogP contribution < -0.4 is 5.32 Å². The molecule has 0 aromatic heterocycles. The molecule has 1 rings (SSSR count). The zero-order valence-electron chi connectivity index (χ0n) is 10.9. The fraction of sp³-hybridized carbons (Fsp3) is 0.462. The number of rotatable bonds is 3. The first-order valence-electron chi connectivity index (χ1n) is 5.63. The molecular formula is C13H17Cl2NO2. The van der Waals surface area contributed by atoms with E-state index in [1.165, 1.54) is 0 Å². The van der Waals surface area contributed by atoms with Gasteiger partial charge in [-0.25, -0.2) is 4.79 Å². The predicted octanol–water partition coefficient (Wildman–Crippen LogP) is 4.14. The summed E-state index contributed by atoms with van der Waals surface area (Å²) in [5.74, 6) is -0.321. The topological polar surface area (TPSA) is 38.3 Å². The van der Waals surface area contributed by atoms with E-state index in [4.69, 9.17) is 27.9 Å². The second kappa shape index (κ2) is 5.81. The zero-order valence-corrected chi connectivity index (χ0v) is 12.4. The van der Waals surface area contributed by atoms with Gasteiger partial charge in [0, 0.05) is 15.7 Å². The number of hydrogen-bond donors (Lipinski definition) is 1. The van der Waals surface area contributed by atoms with Gasteiger partial charge in [0.2, 0.25) is 0 Å². The third-order valence-electron chi connectivity index (χ3n) is 2.01. The highest BCUT2D eigenvalue weighted by atomic mass is 35.5. The van der Waals surface area contributed by atoms with Gasteiger partial charge in [0.1, 0.15) is 11.6 Å². The Morgan fingerprint density at radius 3 is 2.17 bits per heavy atom. The van der Waals surface area contributed by atoms with E-state index in [2.05, 4.69) is 5.32 Å². The molecule has 0 fully saturated rings. The molecule has 0 amide bonds. The lowest BCUT2D eigenvalue weighted by Gasteiger charge is -2.23.